The minimum atomic E-state index is -0.500. The van der Waals surface area contributed by atoms with Gasteiger partial charge in [-0.2, -0.15) is 0 Å². The lowest BCUT2D eigenvalue weighted by atomic mass is 9.79. The number of aromatic amines is 1. The van der Waals surface area contributed by atoms with Crippen molar-refractivity contribution in [2.45, 2.75) is 65.7 Å². The number of ether oxygens (including phenoxy) is 2. The Balaban J connectivity index is 1.82. The summed E-state index contributed by atoms with van der Waals surface area (Å²) in [7, 11) is 1.46. The van der Waals surface area contributed by atoms with E-state index < -0.39 is 5.41 Å². The average Bonchev–Trinajstić information content (AvgIpc) is 3.40. The van der Waals surface area contributed by atoms with E-state index >= 15 is 0 Å². The van der Waals surface area contributed by atoms with Gasteiger partial charge in [-0.25, -0.2) is 9.50 Å². The fourth-order valence-corrected chi connectivity index (χ4v) is 5.01. The SMILES string of the molecule is CCCc1nc(C)c2c(=O)[nH]c(-c3cc(CC4(C(=O)OC)CCCC4)ccc3OCC)nn12. The van der Waals surface area contributed by atoms with Crippen LogP contribution in [0.5, 0.6) is 5.75 Å². The third kappa shape index (κ3) is 4.26. The molecule has 1 aliphatic rings. The summed E-state index contributed by atoms with van der Waals surface area (Å²) in [4.78, 5) is 33.1. The van der Waals surface area contributed by atoms with Gasteiger partial charge >= 0.3 is 5.97 Å². The van der Waals surface area contributed by atoms with Crippen molar-refractivity contribution in [2.24, 2.45) is 5.41 Å². The largest absolute Gasteiger partial charge is 0.493 e. The molecule has 3 aromatic rings. The first kappa shape index (κ1) is 23.0. The van der Waals surface area contributed by atoms with E-state index in [-0.39, 0.29) is 11.5 Å². The number of rotatable bonds is 8. The van der Waals surface area contributed by atoms with E-state index in [9.17, 15) is 9.59 Å². The molecule has 1 aliphatic carbocycles. The molecule has 2 aromatic heterocycles. The molecule has 0 aliphatic heterocycles. The van der Waals surface area contributed by atoms with Crippen molar-refractivity contribution in [1.29, 1.82) is 0 Å². The molecule has 0 unspecified atom stereocenters. The smallest absolute Gasteiger partial charge is 0.312 e. The molecule has 1 aromatic carbocycles. The number of imidazole rings is 1. The van der Waals surface area contributed by atoms with E-state index in [1.54, 1.807) is 4.52 Å². The lowest BCUT2D eigenvalue weighted by molar-refractivity contribution is -0.152. The van der Waals surface area contributed by atoms with Gasteiger partial charge in [0.15, 0.2) is 11.3 Å². The molecule has 0 radical (unpaired) electrons. The number of benzene rings is 1. The fourth-order valence-electron chi connectivity index (χ4n) is 5.01. The molecule has 8 heteroatoms. The summed E-state index contributed by atoms with van der Waals surface area (Å²) in [5, 5.41) is 4.76. The Morgan fingerprint density at radius 3 is 2.67 bits per heavy atom. The van der Waals surface area contributed by atoms with Gasteiger partial charge in [0.25, 0.3) is 5.56 Å². The molecular formula is C25H32N4O4. The summed E-state index contributed by atoms with van der Waals surface area (Å²) in [5.74, 6) is 1.67. The maximum absolute atomic E-state index is 13.0. The topological polar surface area (TPSA) is 98.6 Å². The zero-order valence-electron chi connectivity index (χ0n) is 19.9. The number of nitrogens with one attached hydrogen (secondary N) is 1. The van der Waals surface area contributed by atoms with Gasteiger partial charge in [-0.1, -0.05) is 25.8 Å². The van der Waals surface area contributed by atoms with Gasteiger partial charge < -0.3 is 14.5 Å². The third-order valence-electron chi connectivity index (χ3n) is 6.54. The van der Waals surface area contributed by atoms with Crippen LogP contribution in [-0.4, -0.2) is 39.3 Å². The van der Waals surface area contributed by atoms with Crippen LogP contribution in [0.3, 0.4) is 0 Å². The second-order valence-electron chi connectivity index (χ2n) is 8.85. The molecule has 33 heavy (non-hydrogen) atoms. The molecule has 0 saturated heterocycles. The monoisotopic (exact) mass is 452 g/mol. The highest BCUT2D eigenvalue weighted by molar-refractivity contribution is 5.78. The van der Waals surface area contributed by atoms with Crippen LogP contribution in [0.4, 0.5) is 0 Å². The van der Waals surface area contributed by atoms with Crippen LogP contribution in [0.2, 0.25) is 0 Å². The number of aryl methyl sites for hydroxylation is 2. The second kappa shape index (κ2) is 9.37. The highest BCUT2D eigenvalue weighted by Crippen LogP contribution is 2.43. The minimum Gasteiger partial charge on any atom is -0.493 e. The summed E-state index contributed by atoms with van der Waals surface area (Å²) in [5.41, 5.74) is 2.08. The van der Waals surface area contributed by atoms with Gasteiger partial charge in [-0.15, -0.1) is 5.10 Å². The zero-order valence-corrected chi connectivity index (χ0v) is 19.9. The van der Waals surface area contributed by atoms with Gasteiger partial charge in [-0.05, 0) is 57.2 Å². The van der Waals surface area contributed by atoms with Gasteiger partial charge in [0.05, 0.1) is 30.4 Å². The number of aromatic nitrogens is 4. The Hall–Kier alpha value is -3.16. The van der Waals surface area contributed by atoms with Gasteiger partial charge in [0, 0.05) is 6.42 Å². The molecule has 8 nitrogen and oxygen atoms in total. The van der Waals surface area contributed by atoms with E-state index in [0.717, 1.165) is 49.9 Å². The average molecular weight is 453 g/mol. The maximum Gasteiger partial charge on any atom is 0.312 e. The van der Waals surface area contributed by atoms with Crippen LogP contribution in [-0.2, 0) is 22.4 Å². The first-order valence-electron chi connectivity index (χ1n) is 11.8. The number of carbonyl (C=O) groups excluding carboxylic acids is 1. The zero-order chi connectivity index (χ0) is 23.6. The molecule has 0 spiro atoms. The first-order chi connectivity index (χ1) is 15.9. The van der Waals surface area contributed by atoms with E-state index in [0.29, 0.717) is 41.4 Å². The molecule has 0 amide bonds. The van der Waals surface area contributed by atoms with Crippen LogP contribution >= 0.6 is 0 Å². The number of methoxy groups -OCH3 is 1. The van der Waals surface area contributed by atoms with E-state index in [1.165, 1.54) is 7.11 Å². The van der Waals surface area contributed by atoms with E-state index in [1.807, 2.05) is 32.0 Å². The van der Waals surface area contributed by atoms with Crippen molar-refractivity contribution in [3.63, 3.8) is 0 Å². The fraction of sp³-hybridized carbons (Fsp3) is 0.520. The Morgan fingerprint density at radius 1 is 1.24 bits per heavy atom. The Labute approximate surface area is 193 Å². The van der Waals surface area contributed by atoms with Gasteiger partial charge in [-0.3, -0.25) is 9.59 Å². The van der Waals surface area contributed by atoms with Gasteiger partial charge in [0.2, 0.25) is 0 Å². The van der Waals surface area contributed by atoms with Crippen LogP contribution < -0.4 is 10.3 Å². The number of fused-ring (bicyclic) bond motifs is 1. The summed E-state index contributed by atoms with van der Waals surface area (Å²) < 4.78 is 12.7. The van der Waals surface area contributed by atoms with Crippen molar-refractivity contribution >= 4 is 11.5 Å². The molecule has 1 fully saturated rings. The molecule has 0 bridgehead atoms. The highest BCUT2D eigenvalue weighted by Gasteiger charge is 2.42. The number of nitrogens with zero attached hydrogens (tertiary/aromatic N) is 3. The molecule has 1 saturated carbocycles. The van der Waals surface area contributed by atoms with Crippen LogP contribution in [0.15, 0.2) is 23.0 Å². The molecule has 4 rings (SSSR count). The maximum atomic E-state index is 13.0. The lowest BCUT2D eigenvalue weighted by Gasteiger charge is -2.26. The Morgan fingerprint density at radius 2 is 2.00 bits per heavy atom. The summed E-state index contributed by atoms with van der Waals surface area (Å²) >= 11 is 0. The number of hydrogen-bond acceptors (Lipinski definition) is 6. The Kier molecular flexibility index (Phi) is 6.54. The standard InChI is InChI=1S/C25H32N4O4/c1-5-9-20-26-16(3)21-23(30)27-22(28-29(20)21)18-14-17(10-11-19(18)33-6-2)15-25(24(31)32-4)12-7-8-13-25/h10-11,14H,5-9,12-13,15H2,1-4H3,(H,27,28,30). The Bertz CT molecular complexity index is 1220. The van der Waals surface area contributed by atoms with E-state index in [2.05, 4.69) is 16.9 Å². The molecule has 0 atom stereocenters. The molecule has 2 heterocycles. The second-order valence-corrected chi connectivity index (χ2v) is 8.85. The summed E-state index contributed by atoms with van der Waals surface area (Å²) in [6.07, 6.45) is 5.88. The van der Waals surface area contributed by atoms with Crippen LogP contribution in [0, 0.1) is 12.3 Å². The van der Waals surface area contributed by atoms with E-state index in [4.69, 9.17) is 14.6 Å². The number of H-pyrrole nitrogens is 1. The highest BCUT2D eigenvalue weighted by atomic mass is 16.5. The van der Waals surface area contributed by atoms with Crippen LogP contribution in [0.25, 0.3) is 16.9 Å². The lowest BCUT2D eigenvalue weighted by Crippen LogP contribution is -2.31. The molecule has 1 N–H and O–H groups in total. The number of hydrogen-bond donors (Lipinski definition) is 1. The van der Waals surface area contributed by atoms with Gasteiger partial charge in [0.1, 0.15) is 11.6 Å². The third-order valence-corrected chi connectivity index (χ3v) is 6.54. The predicted octanol–water partition coefficient (Wildman–Crippen LogP) is 4.02. The molecule has 176 valence electrons. The van der Waals surface area contributed by atoms with Crippen molar-refractivity contribution in [1.82, 2.24) is 19.6 Å². The quantitative estimate of drug-likeness (QED) is 0.518. The van der Waals surface area contributed by atoms with Crippen molar-refractivity contribution in [3.05, 3.63) is 45.6 Å². The summed E-state index contributed by atoms with van der Waals surface area (Å²) in [6.45, 7) is 6.29. The minimum absolute atomic E-state index is 0.151. The summed E-state index contributed by atoms with van der Waals surface area (Å²) in [6, 6.07) is 5.85. The number of carbonyl (C=O) groups is 1. The van der Waals surface area contributed by atoms with Crippen molar-refractivity contribution in [2.75, 3.05) is 13.7 Å². The normalized spacial score (nSPS) is 15.2. The van der Waals surface area contributed by atoms with Crippen molar-refractivity contribution in [3.8, 4) is 17.1 Å². The first-order valence-corrected chi connectivity index (χ1v) is 11.8. The van der Waals surface area contributed by atoms with Crippen molar-refractivity contribution < 1.29 is 14.3 Å². The number of esters is 1. The van der Waals surface area contributed by atoms with Crippen LogP contribution in [0.1, 0.15) is 63.0 Å². The predicted molar refractivity (Wildman–Crippen MR) is 126 cm³/mol. The molecular weight excluding hydrogens is 420 g/mol.